The summed E-state index contributed by atoms with van der Waals surface area (Å²) in [6.45, 7) is 2.81. The van der Waals surface area contributed by atoms with E-state index in [4.69, 9.17) is 5.10 Å². The zero-order chi connectivity index (χ0) is 23.4. The summed E-state index contributed by atoms with van der Waals surface area (Å²) in [4.78, 5) is 17.6. The summed E-state index contributed by atoms with van der Waals surface area (Å²) in [5, 5.41) is 21.0. The van der Waals surface area contributed by atoms with Crippen LogP contribution in [0.1, 0.15) is 48.5 Å². The fourth-order valence-electron chi connectivity index (χ4n) is 6.07. The molecule has 0 spiro atoms. The van der Waals surface area contributed by atoms with Crippen molar-refractivity contribution in [3.63, 3.8) is 0 Å². The third-order valence-corrected chi connectivity index (χ3v) is 8.03. The lowest BCUT2D eigenvalue weighted by atomic mass is 9.55. The van der Waals surface area contributed by atoms with Crippen LogP contribution in [0.5, 0.6) is 0 Å². The largest absolute Gasteiger partial charge is 0.273 e. The molecule has 7 rings (SSSR count). The van der Waals surface area contributed by atoms with Crippen molar-refractivity contribution in [1.29, 1.82) is 5.26 Å². The molecule has 2 bridgehead atoms. The highest BCUT2D eigenvalue weighted by molar-refractivity contribution is 5.83. The number of carbonyl (C=O) groups is 1. The normalized spacial score (nSPS) is 27.6. The summed E-state index contributed by atoms with van der Waals surface area (Å²) in [6, 6.07) is 8.94. The van der Waals surface area contributed by atoms with Gasteiger partial charge in [-0.15, -0.1) is 0 Å². The van der Waals surface area contributed by atoms with Crippen molar-refractivity contribution in [1.82, 2.24) is 19.8 Å². The third kappa shape index (κ3) is 3.38. The fraction of sp³-hybridized carbons (Fsp3) is 0.423. The van der Waals surface area contributed by atoms with Crippen molar-refractivity contribution in [3.8, 4) is 6.07 Å². The highest BCUT2D eigenvalue weighted by Crippen LogP contribution is 2.53. The number of halogens is 1. The molecular weight excluding hydrogens is 431 g/mol. The van der Waals surface area contributed by atoms with E-state index < -0.39 is 5.82 Å². The maximum Gasteiger partial charge on any atom is 0.246 e. The standard InChI is InChI=1S/C26H25FN6O/c1-15-22-6-16(11-28)2-3-24(22)31-32(15)14-20-10-23(18-7-17(20)8-18)26(34)33-25(4-5-30-33)19-9-21(27)13-29-12-19/h2-3,5-6,9,12-13,17-18,20,23,25H,4,7-8,10,14H2,1H3/t17?,18?,20-,23-,25?/m0/s1. The topological polar surface area (TPSA) is 87.2 Å². The summed E-state index contributed by atoms with van der Waals surface area (Å²) < 4.78 is 15.8. The number of aromatic nitrogens is 3. The van der Waals surface area contributed by atoms with Gasteiger partial charge in [-0.2, -0.15) is 15.5 Å². The molecule has 0 radical (unpaired) electrons. The number of rotatable bonds is 4. The molecule has 8 heteroatoms. The van der Waals surface area contributed by atoms with Crippen LogP contribution in [-0.2, 0) is 11.3 Å². The average Bonchev–Trinajstić information content (AvgIpc) is 3.43. The molecule has 3 aromatic rings. The molecule has 1 aliphatic heterocycles. The molecule has 7 nitrogen and oxygen atoms in total. The predicted molar refractivity (Wildman–Crippen MR) is 124 cm³/mol. The van der Waals surface area contributed by atoms with Gasteiger partial charge < -0.3 is 0 Å². The Morgan fingerprint density at radius 1 is 1.21 bits per heavy atom. The first kappa shape index (κ1) is 21.0. The van der Waals surface area contributed by atoms with Crippen LogP contribution in [0.15, 0.2) is 41.8 Å². The van der Waals surface area contributed by atoms with Crippen molar-refractivity contribution in [2.75, 3.05) is 0 Å². The third-order valence-electron chi connectivity index (χ3n) is 8.03. The zero-order valence-corrected chi connectivity index (χ0v) is 18.9. The molecule has 3 atom stereocenters. The Morgan fingerprint density at radius 3 is 2.85 bits per heavy atom. The van der Waals surface area contributed by atoms with Gasteiger partial charge in [-0.1, -0.05) is 0 Å². The van der Waals surface area contributed by atoms with Crippen LogP contribution in [0.3, 0.4) is 0 Å². The Kier molecular flexibility index (Phi) is 4.94. The number of hydrogen-bond donors (Lipinski definition) is 0. The number of aryl methyl sites for hydroxylation is 1. The minimum atomic E-state index is -0.403. The average molecular weight is 457 g/mol. The fourth-order valence-corrected chi connectivity index (χ4v) is 6.07. The number of benzene rings is 1. The molecular formula is C26H25FN6O. The number of carbonyl (C=O) groups excluding carboxylic acids is 1. The van der Waals surface area contributed by atoms with Gasteiger partial charge in [0.1, 0.15) is 5.82 Å². The monoisotopic (exact) mass is 456 g/mol. The minimum absolute atomic E-state index is 0.0390. The molecule has 172 valence electrons. The van der Waals surface area contributed by atoms with Crippen molar-refractivity contribution < 1.29 is 9.18 Å². The number of amides is 1. The lowest BCUT2D eigenvalue weighted by Gasteiger charge is -2.51. The van der Waals surface area contributed by atoms with Crippen molar-refractivity contribution >= 4 is 23.0 Å². The van der Waals surface area contributed by atoms with E-state index in [-0.39, 0.29) is 17.9 Å². The molecule has 0 saturated heterocycles. The lowest BCUT2D eigenvalue weighted by molar-refractivity contribution is -0.147. The SMILES string of the molecule is Cc1c2cc(C#N)ccc2nn1C[C@@H]1C[C@H](C(=O)N2N=CCC2c2cncc(F)c2)C2CC1C2. The number of pyridine rings is 1. The van der Waals surface area contributed by atoms with Crippen LogP contribution in [0.25, 0.3) is 10.9 Å². The van der Waals surface area contributed by atoms with Gasteiger partial charge in [0, 0.05) is 42.4 Å². The first-order chi connectivity index (χ1) is 16.5. The van der Waals surface area contributed by atoms with Crippen molar-refractivity contribution in [3.05, 3.63) is 59.3 Å². The molecule has 2 aromatic heterocycles. The summed E-state index contributed by atoms with van der Waals surface area (Å²) in [7, 11) is 0. The number of nitriles is 1. The quantitative estimate of drug-likeness (QED) is 0.583. The second-order valence-corrected chi connectivity index (χ2v) is 9.87. The molecule has 4 aliphatic rings. The first-order valence-corrected chi connectivity index (χ1v) is 11.8. The van der Waals surface area contributed by atoms with Gasteiger partial charge in [0.25, 0.3) is 0 Å². The molecule has 1 unspecified atom stereocenters. The number of hydrogen-bond acceptors (Lipinski definition) is 5. The second kappa shape index (κ2) is 8.01. The number of nitrogens with zero attached hydrogens (tertiary/aromatic N) is 6. The molecule has 3 aliphatic carbocycles. The van der Waals surface area contributed by atoms with Crippen LogP contribution >= 0.6 is 0 Å². The van der Waals surface area contributed by atoms with E-state index in [2.05, 4.69) is 16.2 Å². The van der Waals surface area contributed by atoms with E-state index >= 15 is 0 Å². The van der Waals surface area contributed by atoms with Gasteiger partial charge in [0.15, 0.2) is 0 Å². The first-order valence-electron chi connectivity index (χ1n) is 11.8. The van der Waals surface area contributed by atoms with E-state index in [1.165, 1.54) is 12.3 Å². The summed E-state index contributed by atoms with van der Waals surface area (Å²) in [5.74, 6) is 0.929. The molecule has 1 aromatic carbocycles. The number of fused-ring (bicyclic) bond motifs is 3. The smallest absolute Gasteiger partial charge is 0.246 e. The Balaban J connectivity index is 1.21. The van der Waals surface area contributed by atoms with E-state index in [0.29, 0.717) is 35.3 Å². The van der Waals surface area contributed by atoms with Crippen LogP contribution in [0.2, 0.25) is 0 Å². The highest BCUT2D eigenvalue weighted by Gasteiger charge is 2.50. The zero-order valence-electron chi connectivity index (χ0n) is 18.9. The summed E-state index contributed by atoms with van der Waals surface area (Å²) >= 11 is 0. The molecule has 3 saturated carbocycles. The summed E-state index contributed by atoms with van der Waals surface area (Å²) in [6.07, 6.45) is 8.04. The molecule has 0 N–H and O–H groups in total. The minimum Gasteiger partial charge on any atom is -0.273 e. The number of hydrazone groups is 1. The van der Waals surface area contributed by atoms with Crippen LogP contribution in [-0.4, -0.2) is 31.9 Å². The lowest BCUT2D eigenvalue weighted by Crippen LogP contribution is -2.49. The Labute approximate surface area is 196 Å². The molecule has 1 amide bonds. The van der Waals surface area contributed by atoms with Crippen LogP contribution in [0, 0.1) is 47.7 Å². The highest BCUT2D eigenvalue weighted by atomic mass is 19.1. The van der Waals surface area contributed by atoms with Crippen LogP contribution in [0.4, 0.5) is 4.39 Å². The van der Waals surface area contributed by atoms with E-state index in [0.717, 1.165) is 42.4 Å². The van der Waals surface area contributed by atoms with Crippen molar-refractivity contribution in [2.24, 2.45) is 28.8 Å². The van der Waals surface area contributed by atoms with Crippen molar-refractivity contribution in [2.45, 2.75) is 45.2 Å². The van der Waals surface area contributed by atoms with Gasteiger partial charge in [-0.05, 0) is 73.8 Å². The second-order valence-electron chi connectivity index (χ2n) is 9.87. The van der Waals surface area contributed by atoms with Gasteiger partial charge in [-0.3, -0.25) is 14.5 Å². The van der Waals surface area contributed by atoms with E-state index in [1.807, 2.05) is 23.7 Å². The summed E-state index contributed by atoms with van der Waals surface area (Å²) in [5.41, 5.74) is 3.26. The molecule has 3 heterocycles. The van der Waals surface area contributed by atoms with Gasteiger partial charge in [-0.25, -0.2) is 9.40 Å². The maximum absolute atomic E-state index is 13.8. The van der Waals surface area contributed by atoms with Gasteiger partial charge in [0.2, 0.25) is 5.91 Å². The van der Waals surface area contributed by atoms with E-state index in [9.17, 15) is 14.4 Å². The van der Waals surface area contributed by atoms with Gasteiger partial charge in [0.05, 0.1) is 29.4 Å². The Hall–Kier alpha value is -3.60. The molecule has 3 fully saturated rings. The van der Waals surface area contributed by atoms with Gasteiger partial charge >= 0.3 is 0 Å². The maximum atomic E-state index is 13.8. The van der Waals surface area contributed by atoms with E-state index in [1.54, 1.807) is 23.5 Å². The predicted octanol–water partition coefficient (Wildman–Crippen LogP) is 4.37. The Morgan fingerprint density at radius 2 is 2.06 bits per heavy atom. The van der Waals surface area contributed by atoms with Crippen LogP contribution < -0.4 is 0 Å². The Bertz CT molecular complexity index is 1350. The molecule has 34 heavy (non-hydrogen) atoms.